The third-order valence-electron chi connectivity index (χ3n) is 3.51. The number of carbonyl (C=O) groups is 1. The van der Waals surface area contributed by atoms with E-state index in [1.54, 1.807) is 0 Å². The van der Waals surface area contributed by atoms with Gasteiger partial charge in [-0.2, -0.15) is 0 Å². The van der Waals surface area contributed by atoms with E-state index in [2.05, 4.69) is 5.32 Å². The molecule has 0 saturated heterocycles. The van der Waals surface area contributed by atoms with Gasteiger partial charge in [-0.25, -0.2) is 0 Å². The summed E-state index contributed by atoms with van der Waals surface area (Å²) >= 11 is 0. The topological polar surface area (TPSA) is 38.3 Å². The van der Waals surface area contributed by atoms with Crippen LogP contribution in [0, 0.1) is 5.92 Å². The largest absolute Gasteiger partial charge is 0.468 e. The summed E-state index contributed by atoms with van der Waals surface area (Å²) in [4.78, 5) is 12.0. The van der Waals surface area contributed by atoms with Gasteiger partial charge in [-0.1, -0.05) is 30.3 Å². The van der Waals surface area contributed by atoms with Crippen LogP contribution in [-0.4, -0.2) is 25.2 Å². The SMILES string of the molecule is COC(=O)C(C)(Cc1ccccc1)NCC1CC1. The molecule has 0 heterocycles. The van der Waals surface area contributed by atoms with E-state index in [9.17, 15) is 4.79 Å². The molecule has 98 valence electrons. The fraction of sp³-hybridized carbons (Fsp3) is 0.533. The molecule has 1 aliphatic carbocycles. The summed E-state index contributed by atoms with van der Waals surface area (Å²) in [5.74, 6) is 0.553. The van der Waals surface area contributed by atoms with E-state index < -0.39 is 5.54 Å². The van der Waals surface area contributed by atoms with Crippen LogP contribution >= 0.6 is 0 Å². The normalized spacial score (nSPS) is 18.1. The Morgan fingerprint density at radius 3 is 2.61 bits per heavy atom. The molecule has 3 heteroatoms. The van der Waals surface area contributed by atoms with Crippen LogP contribution in [-0.2, 0) is 16.0 Å². The van der Waals surface area contributed by atoms with Gasteiger partial charge < -0.3 is 10.1 Å². The van der Waals surface area contributed by atoms with Gasteiger partial charge in [0.1, 0.15) is 5.54 Å². The summed E-state index contributed by atoms with van der Waals surface area (Å²) < 4.78 is 4.94. The van der Waals surface area contributed by atoms with Gasteiger partial charge in [0, 0.05) is 6.42 Å². The molecule has 1 aliphatic rings. The van der Waals surface area contributed by atoms with Crippen molar-refractivity contribution in [3.63, 3.8) is 0 Å². The number of carbonyl (C=O) groups excluding carboxylic acids is 1. The van der Waals surface area contributed by atoms with Crippen molar-refractivity contribution in [3.05, 3.63) is 35.9 Å². The van der Waals surface area contributed by atoms with Crippen LogP contribution in [0.4, 0.5) is 0 Å². The van der Waals surface area contributed by atoms with Crippen LogP contribution in [0.1, 0.15) is 25.3 Å². The second-order valence-corrected chi connectivity index (χ2v) is 5.31. The Labute approximate surface area is 109 Å². The maximum atomic E-state index is 12.0. The third kappa shape index (κ3) is 3.33. The molecule has 0 bridgehead atoms. The smallest absolute Gasteiger partial charge is 0.326 e. The summed E-state index contributed by atoms with van der Waals surface area (Å²) in [5, 5.41) is 3.38. The summed E-state index contributed by atoms with van der Waals surface area (Å²) in [6.45, 7) is 2.83. The lowest BCUT2D eigenvalue weighted by atomic mass is 9.92. The fourth-order valence-corrected chi connectivity index (χ4v) is 2.13. The molecular formula is C15H21NO2. The van der Waals surface area contributed by atoms with Gasteiger partial charge in [0.25, 0.3) is 0 Å². The zero-order valence-corrected chi connectivity index (χ0v) is 11.1. The van der Waals surface area contributed by atoms with E-state index in [4.69, 9.17) is 4.74 Å². The van der Waals surface area contributed by atoms with Crippen LogP contribution < -0.4 is 5.32 Å². The third-order valence-corrected chi connectivity index (χ3v) is 3.51. The summed E-state index contributed by atoms with van der Waals surface area (Å²) in [5.41, 5.74) is 0.521. The first kappa shape index (κ1) is 13.1. The monoisotopic (exact) mass is 247 g/mol. The number of ether oxygens (including phenoxy) is 1. The van der Waals surface area contributed by atoms with Crippen molar-refractivity contribution in [3.8, 4) is 0 Å². The number of nitrogens with one attached hydrogen (secondary N) is 1. The molecule has 0 radical (unpaired) electrons. The Hall–Kier alpha value is -1.35. The van der Waals surface area contributed by atoms with E-state index in [0.717, 1.165) is 18.0 Å². The lowest BCUT2D eigenvalue weighted by molar-refractivity contribution is -0.147. The molecule has 1 unspecified atom stereocenters. The molecule has 1 aromatic rings. The molecule has 0 aromatic heterocycles. The molecule has 1 saturated carbocycles. The number of hydrogen-bond acceptors (Lipinski definition) is 3. The van der Waals surface area contributed by atoms with Crippen molar-refractivity contribution in [2.75, 3.05) is 13.7 Å². The highest BCUT2D eigenvalue weighted by atomic mass is 16.5. The van der Waals surface area contributed by atoms with E-state index in [0.29, 0.717) is 6.42 Å². The van der Waals surface area contributed by atoms with E-state index in [1.165, 1.54) is 20.0 Å². The first-order valence-electron chi connectivity index (χ1n) is 6.51. The number of rotatable bonds is 6. The molecule has 1 atom stereocenters. The van der Waals surface area contributed by atoms with Crippen LogP contribution in [0.5, 0.6) is 0 Å². The maximum Gasteiger partial charge on any atom is 0.326 e. The molecule has 18 heavy (non-hydrogen) atoms. The zero-order chi connectivity index (χ0) is 13.0. The van der Waals surface area contributed by atoms with Gasteiger partial charge in [0.15, 0.2) is 0 Å². The zero-order valence-electron chi connectivity index (χ0n) is 11.1. The summed E-state index contributed by atoms with van der Waals surface area (Å²) in [6.07, 6.45) is 3.21. The van der Waals surface area contributed by atoms with Crippen molar-refractivity contribution < 1.29 is 9.53 Å². The van der Waals surface area contributed by atoms with Crippen molar-refractivity contribution in [1.29, 1.82) is 0 Å². The lowest BCUT2D eigenvalue weighted by Crippen LogP contribution is -2.52. The highest BCUT2D eigenvalue weighted by Gasteiger charge is 2.36. The molecule has 3 nitrogen and oxygen atoms in total. The Kier molecular flexibility index (Phi) is 4.02. The maximum absolute atomic E-state index is 12.0. The molecule has 1 aromatic carbocycles. The van der Waals surface area contributed by atoms with E-state index in [-0.39, 0.29) is 5.97 Å². The minimum atomic E-state index is -0.626. The van der Waals surface area contributed by atoms with Crippen LogP contribution in [0.2, 0.25) is 0 Å². The number of esters is 1. The summed E-state index contributed by atoms with van der Waals surface area (Å²) in [7, 11) is 1.45. The highest BCUT2D eigenvalue weighted by molar-refractivity contribution is 5.80. The van der Waals surface area contributed by atoms with E-state index >= 15 is 0 Å². The molecule has 0 aliphatic heterocycles. The Bertz CT molecular complexity index is 400. The average Bonchev–Trinajstić information content (AvgIpc) is 3.20. The Morgan fingerprint density at radius 1 is 1.39 bits per heavy atom. The Morgan fingerprint density at radius 2 is 2.06 bits per heavy atom. The van der Waals surface area contributed by atoms with Crippen molar-refractivity contribution in [2.24, 2.45) is 5.92 Å². The molecule has 1 fully saturated rings. The molecule has 1 N–H and O–H groups in total. The second-order valence-electron chi connectivity index (χ2n) is 5.31. The standard InChI is InChI=1S/C15H21NO2/c1-15(14(17)18-2,16-11-13-8-9-13)10-12-6-4-3-5-7-12/h3-7,13,16H,8-11H2,1-2H3. The molecule has 0 spiro atoms. The molecular weight excluding hydrogens is 226 g/mol. The quantitative estimate of drug-likeness (QED) is 0.783. The summed E-state index contributed by atoms with van der Waals surface area (Å²) in [6, 6.07) is 10.1. The van der Waals surface area contributed by atoms with Gasteiger partial charge in [0.2, 0.25) is 0 Å². The number of benzene rings is 1. The molecule has 2 rings (SSSR count). The van der Waals surface area contributed by atoms with Crippen LogP contribution in [0.15, 0.2) is 30.3 Å². The van der Waals surface area contributed by atoms with Crippen molar-refractivity contribution in [2.45, 2.75) is 31.7 Å². The van der Waals surface area contributed by atoms with Gasteiger partial charge in [-0.3, -0.25) is 4.79 Å². The predicted molar refractivity (Wildman–Crippen MR) is 71.3 cm³/mol. The average molecular weight is 247 g/mol. The molecule has 0 amide bonds. The van der Waals surface area contributed by atoms with Crippen LogP contribution in [0.3, 0.4) is 0 Å². The lowest BCUT2D eigenvalue weighted by Gasteiger charge is -2.28. The first-order chi connectivity index (χ1) is 8.64. The van der Waals surface area contributed by atoms with Gasteiger partial charge in [0.05, 0.1) is 7.11 Å². The van der Waals surface area contributed by atoms with E-state index in [1.807, 2.05) is 37.3 Å². The van der Waals surface area contributed by atoms with Gasteiger partial charge in [-0.15, -0.1) is 0 Å². The van der Waals surface area contributed by atoms with Crippen molar-refractivity contribution >= 4 is 5.97 Å². The van der Waals surface area contributed by atoms with Gasteiger partial charge in [-0.05, 0) is 37.8 Å². The van der Waals surface area contributed by atoms with Crippen molar-refractivity contribution in [1.82, 2.24) is 5.32 Å². The fourth-order valence-electron chi connectivity index (χ4n) is 2.13. The minimum absolute atomic E-state index is 0.188. The first-order valence-corrected chi connectivity index (χ1v) is 6.51. The highest BCUT2D eigenvalue weighted by Crippen LogP contribution is 2.28. The second kappa shape index (κ2) is 5.53. The Balaban J connectivity index is 2.05. The van der Waals surface area contributed by atoms with Gasteiger partial charge >= 0.3 is 5.97 Å². The predicted octanol–water partition coefficient (Wildman–Crippen LogP) is 2.16. The number of hydrogen-bond donors (Lipinski definition) is 1. The number of methoxy groups -OCH3 is 1. The minimum Gasteiger partial charge on any atom is -0.468 e. The van der Waals surface area contributed by atoms with Crippen LogP contribution in [0.25, 0.3) is 0 Å².